The van der Waals surface area contributed by atoms with Gasteiger partial charge in [-0.1, -0.05) is 18.2 Å². The number of nitrogens with zero attached hydrogens (tertiary/aromatic N) is 1. The maximum atomic E-state index is 14.0. The highest BCUT2D eigenvalue weighted by Gasteiger charge is 2.35. The minimum absolute atomic E-state index is 0.332. The summed E-state index contributed by atoms with van der Waals surface area (Å²) in [5, 5.41) is 4.38. The average Bonchev–Trinajstić information content (AvgIpc) is 2.85. The number of halogens is 4. The number of carbonyl (C=O) groups excluding carboxylic acids is 1. The van der Waals surface area contributed by atoms with Crippen molar-refractivity contribution in [3.8, 4) is 11.5 Å². The summed E-state index contributed by atoms with van der Waals surface area (Å²) in [6.07, 6.45) is -3.50. The second kappa shape index (κ2) is 10.3. The minimum Gasteiger partial charge on any atom is -0.493 e. The molecule has 0 bridgehead atoms. The maximum absolute atomic E-state index is 14.0. The molecular weight excluding hydrogens is 478 g/mol. The van der Waals surface area contributed by atoms with Crippen molar-refractivity contribution in [1.82, 2.24) is 0 Å². The lowest BCUT2D eigenvalue weighted by atomic mass is 9.93. The summed E-state index contributed by atoms with van der Waals surface area (Å²) in [6, 6.07) is 12.1. The molecule has 1 heterocycles. The summed E-state index contributed by atoms with van der Waals surface area (Å²) in [5.41, 5.74) is 2.02. The van der Waals surface area contributed by atoms with Gasteiger partial charge in [0.05, 0.1) is 25.5 Å². The van der Waals surface area contributed by atoms with E-state index in [1.54, 1.807) is 38.5 Å². The minimum atomic E-state index is -4.82. The SMILES string of the molecule is COc1cc2c(cc1OC)C(Cc1ccc(NC(=O)Nc3c(F)cccc3C(F)(F)F)cc1)=NCC2. The molecule has 4 rings (SSSR count). The van der Waals surface area contributed by atoms with Crippen LogP contribution in [0.2, 0.25) is 0 Å². The van der Waals surface area contributed by atoms with Gasteiger partial charge in [-0.05, 0) is 53.9 Å². The van der Waals surface area contributed by atoms with Crippen molar-refractivity contribution in [2.45, 2.75) is 19.0 Å². The molecule has 0 saturated heterocycles. The van der Waals surface area contributed by atoms with Crippen molar-refractivity contribution in [1.29, 1.82) is 0 Å². The Morgan fingerprint density at radius 1 is 1.00 bits per heavy atom. The van der Waals surface area contributed by atoms with Crippen molar-refractivity contribution >= 4 is 23.1 Å². The Morgan fingerprint density at radius 3 is 2.36 bits per heavy atom. The van der Waals surface area contributed by atoms with E-state index in [-0.39, 0.29) is 0 Å². The van der Waals surface area contributed by atoms with Crippen LogP contribution in [0.5, 0.6) is 11.5 Å². The number of rotatable bonds is 6. The van der Waals surface area contributed by atoms with E-state index < -0.39 is 29.3 Å². The number of ether oxygens (including phenoxy) is 2. The van der Waals surface area contributed by atoms with Gasteiger partial charge in [0.2, 0.25) is 0 Å². The fourth-order valence-corrected chi connectivity index (χ4v) is 4.01. The highest BCUT2D eigenvalue weighted by Crippen LogP contribution is 2.36. The number of fused-ring (bicyclic) bond motifs is 1. The van der Waals surface area contributed by atoms with E-state index in [2.05, 4.69) is 10.3 Å². The van der Waals surface area contributed by atoms with Crippen LogP contribution in [0.25, 0.3) is 0 Å². The monoisotopic (exact) mass is 501 g/mol. The number of urea groups is 1. The normalized spacial score (nSPS) is 12.9. The lowest BCUT2D eigenvalue weighted by Crippen LogP contribution is -2.22. The van der Waals surface area contributed by atoms with Gasteiger partial charge in [-0.25, -0.2) is 9.18 Å². The molecule has 36 heavy (non-hydrogen) atoms. The number of hydrogen-bond donors (Lipinski definition) is 2. The summed E-state index contributed by atoms with van der Waals surface area (Å²) in [5.74, 6) is 0.0852. The topological polar surface area (TPSA) is 72.0 Å². The quantitative estimate of drug-likeness (QED) is 0.402. The number of carbonyl (C=O) groups is 1. The van der Waals surface area contributed by atoms with E-state index in [4.69, 9.17) is 9.47 Å². The predicted molar refractivity (Wildman–Crippen MR) is 129 cm³/mol. The first-order valence-electron chi connectivity index (χ1n) is 11.0. The number of nitrogens with one attached hydrogen (secondary N) is 2. The van der Waals surface area contributed by atoms with Crippen LogP contribution in [0.15, 0.2) is 59.6 Å². The van der Waals surface area contributed by atoms with E-state index in [0.29, 0.717) is 36.2 Å². The van der Waals surface area contributed by atoms with E-state index >= 15 is 0 Å². The second-order valence-corrected chi connectivity index (χ2v) is 8.06. The largest absolute Gasteiger partial charge is 0.493 e. The number of methoxy groups -OCH3 is 2. The van der Waals surface area contributed by atoms with Gasteiger partial charge in [-0.3, -0.25) is 4.99 Å². The van der Waals surface area contributed by atoms with Crippen LogP contribution in [-0.4, -0.2) is 32.5 Å². The van der Waals surface area contributed by atoms with E-state index in [1.165, 1.54) is 0 Å². The number of alkyl halides is 3. The molecule has 0 aliphatic carbocycles. The maximum Gasteiger partial charge on any atom is 0.418 e. The number of aliphatic imine (C=N–C) groups is 1. The first kappa shape index (κ1) is 25.0. The Kier molecular flexibility index (Phi) is 7.14. The Labute approximate surface area is 205 Å². The molecule has 2 N–H and O–H groups in total. The highest BCUT2D eigenvalue weighted by atomic mass is 19.4. The van der Waals surface area contributed by atoms with Gasteiger partial charge in [0.1, 0.15) is 5.82 Å². The zero-order valence-electron chi connectivity index (χ0n) is 19.5. The van der Waals surface area contributed by atoms with Crippen molar-refractivity contribution in [2.75, 3.05) is 31.4 Å². The van der Waals surface area contributed by atoms with Crippen LogP contribution in [-0.2, 0) is 19.0 Å². The molecule has 0 fully saturated rings. The van der Waals surface area contributed by atoms with Gasteiger partial charge < -0.3 is 20.1 Å². The lowest BCUT2D eigenvalue weighted by Gasteiger charge is -2.20. The number of amides is 2. The Hall–Kier alpha value is -4.08. The molecule has 0 saturated carbocycles. The molecule has 0 atom stereocenters. The lowest BCUT2D eigenvalue weighted by molar-refractivity contribution is -0.137. The second-order valence-electron chi connectivity index (χ2n) is 8.06. The van der Waals surface area contributed by atoms with Gasteiger partial charge in [-0.15, -0.1) is 0 Å². The molecular formula is C26H23F4N3O3. The molecule has 0 aromatic heterocycles. The zero-order valence-corrected chi connectivity index (χ0v) is 19.5. The first-order chi connectivity index (χ1) is 17.2. The molecule has 0 spiro atoms. The summed E-state index contributed by atoms with van der Waals surface area (Å²) in [4.78, 5) is 16.9. The van der Waals surface area contributed by atoms with Gasteiger partial charge in [0, 0.05) is 29.9 Å². The van der Waals surface area contributed by atoms with E-state index in [9.17, 15) is 22.4 Å². The zero-order chi connectivity index (χ0) is 25.9. The molecule has 1 aliphatic heterocycles. The van der Waals surface area contributed by atoms with Crippen LogP contribution in [0.1, 0.15) is 22.3 Å². The molecule has 2 amide bonds. The van der Waals surface area contributed by atoms with Crippen molar-refractivity contribution in [3.63, 3.8) is 0 Å². The van der Waals surface area contributed by atoms with Crippen LogP contribution in [0, 0.1) is 5.82 Å². The molecule has 0 radical (unpaired) electrons. The summed E-state index contributed by atoms with van der Waals surface area (Å²) in [6.45, 7) is 0.646. The fourth-order valence-electron chi connectivity index (χ4n) is 4.01. The van der Waals surface area contributed by atoms with Gasteiger partial charge >= 0.3 is 12.2 Å². The summed E-state index contributed by atoms with van der Waals surface area (Å²) >= 11 is 0. The molecule has 6 nitrogen and oxygen atoms in total. The van der Waals surface area contributed by atoms with E-state index in [1.807, 2.05) is 17.4 Å². The van der Waals surface area contributed by atoms with E-state index in [0.717, 1.165) is 41.0 Å². The molecule has 10 heteroatoms. The molecule has 1 aliphatic rings. The molecule has 3 aromatic carbocycles. The van der Waals surface area contributed by atoms with Crippen LogP contribution in [0.3, 0.4) is 0 Å². The third-order valence-electron chi connectivity index (χ3n) is 5.75. The predicted octanol–water partition coefficient (Wildman–Crippen LogP) is 6.09. The third kappa shape index (κ3) is 5.42. The third-order valence-corrected chi connectivity index (χ3v) is 5.75. The Balaban J connectivity index is 1.45. The van der Waals surface area contributed by atoms with Crippen molar-refractivity contribution < 1.29 is 31.8 Å². The Morgan fingerprint density at radius 2 is 1.69 bits per heavy atom. The summed E-state index contributed by atoms with van der Waals surface area (Å²) < 4.78 is 64.2. The van der Waals surface area contributed by atoms with Crippen molar-refractivity contribution in [3.05, 3.63) is 82.7 Å². The standard InChI is InChI=1S/C26H23F4N3O3/c1-35-22-13-16-10-11-31-21(18(16)14-23(22)36-2)12-15-6-8-17(9-7-15)32-25(34)33-24-19(26(28,29)30)4-3-5-20(24)27/h3-9,13-14H,10-12H2,1-2H3,(H2,32,33,34). The summed E-state index contributed by atoms with van der Waals surface area (Å²) in [7, 11) is 3.16. The molecule has 188 valence electrons. The van der Waals surface area contributed by atoms with Gasteiger partial charge in [-0.2, -0.15) is 13.2 Å². The van der Waals surface area contributed by atoms with Gasteiger partial charge in [0.15, 0.2) is 11.5 Å². The molecule has 0 unspecified atom stereocenters. The number of hydrogen-bond acceptors (Lipinski definition) is 4. The number of benzene rings is 3. The smallest absolute Gasteiger partial charge is 0.418 e. The fraction of sp³-hybridized carbons (Fsp3) is 0.231. The average molecular weight is 501 g/mol. The number of para-hydroxylation sites is 1. The van der Waals surface area contributed by atoms with Crippen molar-refractivity contribution in [2.24, 2.45) is 4.99 Å². The van der Waals surface area contributed by atoms with Crippen LogP contribution in [0.4, 0.5) is 33.7 Å². The highest BCUT2D eigenvalue weighted by molar-refractivity contribution is 6.04. The number of anilines is 2. The van der Waals surface area contributed by atoms with Crippen LogP contribution >= 0.6 is 0 Å². The molecule has 3 aromatic rings. The first-order valence-corrected chi connectivity index (χ1v) is 11.0. The Bertz CT molecular complexity index is 1310. The van der Waals surface area contributed by atoms with Crippen LogP contribution < -0.4 is 20.1 Å². The van der Waals surface area contributed by atoms with Gasteiger partial charge in [0.25, 0.3) is 0 Å².